The summed E-state index contributed by atoms with van der Waals surface area (Å²) in [6, 6.07) is -0.262. The number of hydroxylamine groups is 2. The van der Waals surface area contributed by atoms with Gasteiger partial charge >= 0.3 is 5.97 Å². The summed E-state index contributed by atoms with van der Waals surface area (Å²) in [6.45, 7) is 0. The van der Waals surface area contributed by atoms with Gasteiger partial charge < -0.3 is 5.11 Å². The average molecular weight is 213 g/mol. The number of hydrogen-bond donors (Lipinski definition) is 2. The molecule has 1 amide bonds. The van der Waals surface area contributed by atoms with Gasteiger partial charge in [-0.05, 0) is 24.7 Å². The molecule has 1 aliphatic carbocycles. The summed E-state index contributed by atoms with van der Waals surface area (Å²) in [5.41, 5.74) is 0. The maximum Gasteiger partial charge on any atom is 0.303 e. The fourth-order valence-electron chi connectivity index (χ4n) is 2.92. The lowest BCUT2D eigenvalue weighted by Gasteiger charge is -2.34. The monoisotopic (exact) mass is 213 g/mol. The first-order chi connectivity index (χ1) is 7.09. The van der Waals surface area contributed by atoms with Gasteiger partial charge in [-0.15, -0.1) is 0 Å². The number of carboxylic acid groups (broad SMARTS) is 1. The SMILES string of the molecule is O=C(O)CC1CCCC2CC(=O)N(O)C12. The second kappa shape index (κ2) is 3.81. The minimum absolute atomic E-state index is 0.0471. The highest BCUT2D eigenvalue weighted by atomic mass is 16.5. The lowest BCUT2D eigenvalue weighted by molar-refractivity contribution is -0.174. The van der Waals surface area contributed by atoms with Gasteiger partial charge in [0.25, 0.3) is 0 Å². The van der Waals surface area contributed by atoms with Crippen LogP contribution in [0.2, 0.25) is 0 Å². The predicted octanol–water partition coefficient (Wildman–Crippen LogP) is 0.868. The number of amides is 1. The molecule has 0 aromatic heterocycles. The molecule has 2 rings (SSSR count). The number of carbonyl (C=O) groups excluding carboxylic acids is 1. The van der Waals surface area contributed by atoms with Crippen molar-refractivity contribution in [1.29, 1.82) is 0 Å². The van der Waals surface area contributed by atoms with E-state index in [-0.39, 0.29) is 30.2 Å². The third-order valence-electron chi connectivity index (χ3n) is 3.53. The Hall–Kier alpha value is -1.10. The van der Waals surface area contributed by atoms with Crippen LogP contribution >= 0.6 is 0 Å². The molecule has 0 spiro atoms. The van der Waals surface area contributed by atoms with Crippen LogP contribution in [0.3, 0.4) is 0 Å². The maximum atomic E-state index is 11.3. The van der Waals surface area contributed by atoms with Crippen molar-refractivity contribution < 1.29 is 19.9 Å². The van der Waals surface area contributed by atoms with Crippen LogP contribution in [-0.4, -0.2) is 33.3 Å². The average Bonchev–Trinajstić information content (AvgIpc) is 2.43. The summed E-state index contributed by atoms with van der Waals surface area (Å²) in [4.78, 5) is 22.0. The zero-order chi connectivity index (χ0) is 11.0. The van der Waals surface area contributed by atoms with Crippen LogP contribution < -0.4 is 0 Å². The quantitative estimate of drug-likeness (QED) is 0.667. The van der Waals surface area contributed by atoms with Crippen molar-refractivity contribution in [1.82, 2.24) is 5.06 Å². The summed E-state index contributed by atoms with van der Waals surface area (Å²) in [5.74, 6) is -1.05. The molecule has 0 bridgehead atoms. The summed E-state index contributed by atoms with van der Waals surface area (Å²) < 4.78 is 0. The van der Waals surface area contributed by atoms with Gasteiger partial charge in [0.15, 0.2) is 0 Å². The Morgan fingerprint density at radius 3 is 2.87 bits per heavy atom. The van der Waals surface area contributed by atoms with E-state index in [9.17, 15) is 14.8 Å². The molecule has 1 saturated carbocycles. The molecule has 0 aromatic rings. The Morgan fingerprint density at radius 2 is 2.20 bits per heavy atom. The molecule has 1 saturated heterocycles. The number of fused-ring (bicyclic) bond motifs is 1. The van der Waals surface area contributed by atoms with Gasteiger partial charge in [-0.2, -0.15) is 0 Å². The van der Waals surface area contributed by atoms with Crippen molar-refractivity contribution in [3.05, 3.63) is 0 Å². The van der Waals surface area contributed by atoms with E-state index in [4.69, 9.17) is 5.11 Å². The maximum absolute atomic E-state index is 11.3. The third kappa shape index (κ3) is 1.84. The molecule has 15 heavy (non-hydrogen) atoms. The van der Waals surface area contributed by atoms with Crippen molar-refractivity contribution in [2.75, 3.05) is 0 Å². The molecule has 1 aliphatic heterocycles. The molecule has 5 heteroatoms. The molecule has 3 unspecified atom stereocenters. The fraction of sp³-hybridized carbons (Fsp3) is 0.800. The number of carboxylic acids is 1. The highest BCUT2D eigenvalue weighted by Crippen LogP contribution is 2.40. The number of nitrogens with zero attached hydrogens (tertiary/aromatic N) is 1. The normalized spacial score (nSPS) is 35.4. The third-order valence-corrected chi connectivity index (χ3v) is 3.53. The Bertz CT molecular complexity index is 291. The van der Waals surface area contributed by atoms with E-state index in [1.54, 1.807) is 0 Å². The van der Waals surface area contributed by atoms with Crippen molar-refractivity contribution in [2.24, 2.45) is 11.8 Å². The number of hydrogen-bond acceptors (Lipinski definition) is 3. The Morgan fingerprint density at radius 1 is 1.47 bits per heavy atom. The fourth-order valence-corrected chi connectivity index (χ4v) is 2.92. The first kappa shape index (κ1) is 10.4. The minimum atomic E-state index is -0.853. The highest BCUT2D eigenvalue weighted by Gasteiger charge is 2.46. The topological polar surface area (TPSA) is 77.8 Å². The molecule has 1 heterocycles. The lowest BCUT2D eigenvalue weighted by Crippen LogP contribution is -2.41. The molecule has 84 valence electrons. The van der Waals surface area contributed by atoms with Crippen molar-refractivity contribution >= 4 is 11.9 Å². The van der Waals surface area contributed by atoms with Gasteiger partial charge in [0, 0.05) is 6.42 Å². The number of rotatable bonds is 2. The molecule has 5 nitrogen and oxygen atoms in total. The number of carbonyl (C=O) groups is 2. The second-order valence-corrected chi connectivity index (χ2v) is 4.48. The highest BCUT2D eigenvalue weighted by molar-refractivity contribution is 5.78. The van der Waals surface area contributed by atoms with E-state index in [1.165, 1.54) is 0 Å². The van der Waals surface area contributed by atoms with Crippen molar-refractivity contribution in [3.8, 4) is 0 Å². The van der Waals surface area contributed by atoms with Gasteiger partial charge in [0.1, 0.15) is 0 Å². The van der Waals surface area contributed by atoms with Gasteiger partial charge in [-0.25, -0.2) is 5.06 Å². The van der Waals surface area contributed by atoms with Crippen LogP contribution in [0, 0.1) is 11.8 Å². The van der Waals surface area contributed by atoms with Crippen LogP contribution in [0.15, 0.2) is 0 Å². The van der Waals surface area contributed by atoms with E-state index in [0.717, 1.165) is 24.3 Å². The van der Waals surface area contributed by atoms with Gasteiger partial charge in [-0.1, -0.05) is 6.42 Å². The minimum Gasteiger partial charge on any atom is -0.481 e. The first-order valence-corrected chi connectivity index (χ1v) is 5.32. The van der Waals surface area contributed by atoms with Crippen LogP contribution in [0.25, 0.3) is 0 Å². The van der Waals surface area contributed by atoms with E-state index in [2.05, 4.69) is 0 Å². The smallest absolute Gasteiger partial charge is 0.303 e. The second-order valence-electron chi connectivity index (χ2n) is 4.48. The summed E-state index contributed by atoms with van der Waals surface area (Å²) >= 11 is 0. The van der Waals surface area contributed by atoms with E-state index < -0.39 is 5.97 Å². The Labute approximate surface area is 87.6 Å². The molecule has 3 atom stereocenters. The summed E-state index contributed by atoms with van der Waals surface area (Å²) in [6.07, 6.45) is 3.09. The van der Waals surface area contributed by atoms with E-state index in [0.29, 0.717) is 6.42 Å². The molecule has 2 aliphatic rings. The summed E-state index contributed by atoms with van der Waals surface area (Å²) in [5, 5.41) is 19.1. The molecule has 0 aromatic carbocycles. The van der Waals surface area contributed by atoms with Gasteiger partial charge in [-0.3, -0.25) is 14.8 Å². The van der Waals surface area contributed by atoms with Crippen molar-refractivity contribution in [3.63, 3.8) is 0 Å². The Balaban J connectivity index is 2.12. The standard InChI is InChI=1S/C10H15NO4/c12-8-4-6-2-1-3-7(5-9(13)14)10(6)11(8)15/h6-7,10,15H,1-5H2,(H,13,14). The first-order valence-electron chi connectivity index (χ1n) is 5.32. The molecular weight excluding hydrogens is 198 g/mol. The van der Waals surface area contributed by atoms with Crippen LogP contribution in [0.5, 0.6) is 0 Å². The molecule has 0 radical (unpaired) electrons. The summed E-state index contributed by atoms with van der Waals surface area (Å²) in [7, 11) is 0. The van der Waals surface area contributed by atoms with Crippen LogP contribution in [-0.2, 0) is 9.59 Å². The van der Waals surface area contributed by atoms with Gasteiger partial charge in [0.2, 0.25) is 5.91 Å². The van der Waals surface area contributed by atoms with Crippen molar-refractivity contribution in [2.45, 2.75) is 38.1 Å². The zero-order valence-electron chi connectivity index (χ0n) is 8.43. The van der Waals surface area contributed by atoms with Crippen LogP contribution in [0.4, 0.5) is 0 Å². The predicted molar refractivity (Wildman–Crippen MR) is 50.1 cm³/mol. The Kier molecular flexibility index (Phi) is 2.65. The van der Waals surface area contributed by atoms with E-state index in [1.807, 2.05) is 0 Å². The lowest BCUT2D eigenvalue weighted by atomic mass is 9.76. The van der Waals surface area contributed by atoms with E-state index >= 15 is 0 Å². The van der Waals surface area contributed by atoms with Gasteiger partial charge in [0.05, 0.1) is 12.5 Å². The molecule has 2 N–H and O–H groups in total. The molecular formula is C10H15NO4. The largest absolute Gasteiger partial charge is 0.481 e. The molecule has 2 fully saturated rings. The van der Waals surface area contributed by atoms with Crippen LogP contribution in [0.1, 0.15) is 32.1 Å². The zero-order valence-corrected chi connectivity index (χ0v) is 8.43. The number of aliphatic carboxylic acids is 1.